The van der Waals surface area contributed by atoms with Gasteiger partial charge in [0.05, 0.1) is 30.5 Å². The fourth-order valence-corrected chi connectivity index (χ4v) is 5.88. The maximum Gasteiger partial charge on any atom is 0.245 e. The number of fused-ring (bicyclic) bond motifs is 2. The number of aromatic nitrogens is 2. The molecule has 4 atom stereocenters. The number of rotatable bonds is 7. The molecule has 3 aromatic rings. The van der Waals surface area contributed by atoms with E-state index in [1.54, 1.807) is 12.1 Å². The minimum atomic E-state index is -0.914. The van der Waals surface area contributed by atoms with Gasteiger partial charge in [-0.15, -0.1) is 0 Å². The Hall–Kier alpha value is -3.50. The Morgan fingerprint density at radius 1 is 1.13 bits per heavy atom. The van der Waals surface area contributed by atoms with Gasteiger partial charge in [0.25, 0.3) is 0 Å². The minimum Gasteiger partial charge on any atom is -0.486 e. The van der Waals surface area contributed by atoms with Gasteiger partial charge in [-0.05, 0) is 49.0 Å². The number of nitrogens with one attached hydrogen (secondary N) is 1. The zero-order chi connectivity index (χ0) is 27.1. The third-order valence-corrected chi connectivity index (χ3v) is 8.00. The molecule has 2 unspecified atom stereocenters. The number of amides is 1. The maximum atomic E-state index is 14.6. The van der Waals surface area contributed by atoms with Crippen LogP contribution in [0.5, 0.6) is 11.5 Å². The van der Waals surface area contributed by atoms with E-state index < -0.39 is 16.7 Å². The molecule has 6 rings (SSSR count). The van der Waals surface area contributed by atoms with E-state index in [-0.39, 0.29) is 23.8 Å². The molecule has 3 heterocycles. The molecule has 2 aliphatic heterocycles. The van der Waals surface area contributed by atoms with Gasteiger partial charge in [0.15, 0.2) is 17.3 Å². The van der Waals surface area contributed by atoms with Crippen molar-refractivity contribution in [2.24, 2.45) is 11.8 Å². The van der Waals surface area contributed by atoms with Crippen molar-refractivity contribution < 1.29 is 27.8 Å². The molecule has 2 aromatic carbocycles. The second-order valence-corrected chi connectivity index (χ2v) is 10.5. The number of anilines is 2. The average Bonchev–Trinajstić information content (AvgIpc) is 3.66. The molecular formula is C28H27ClF2N4O4. The van der Waals surface area contributed by atoms with Crippen molar-refractivity contribution in [2.45, 2.75) is 31.5 Å². The summed E-state index contributed by atoms with van der Waals surface area (Å²) in [4.78, 5) is 22.6. The Kier molecular flexibility index (Phi) is 6.99. The fourth-order valence-electron chi connectivity index (χ4n) is 5.71. The van der Waals surface area contributed by atoms with Gasteiger partial charge in [-0.1, -0.05) is 18.2 Å². The topological polar surface area (TPSA) is 85.8 Å². The summed E-state index contributed by atoms with van der Waals surface area (Å²) in [5.41, 5.74) is 0.541. The maximum absolute atomic E-state index is 14.6. The van der Waals surface area contributed by atoms with Crippen molar-refractivity contribution in [2.75, 3.05) is 31.6 Å². The number of ether oxygens (including phenoxy) is 3. The molecule has 3 fully saturated rings. The highest BCUT2D eigenvalue weighted by atomic mass is 35.5. The summed E-state index contributed by atoms with van der Waals surface area (Å²) in [5, 5.41) is 2.88. The zero-order valence-electron chi connectivity index (χ0n) is 21.0. The Balaban J connectivity index is 1.30. The van der Waals surface area contributed by atoms with Crippen molar-refractivity contribution in [1.29, 1.82) is 0 Å². The van der Waals surface area contributed by atoms with Gasteiger partial charge < -0.3 is 24.4 Å². The van der Waals surface area contributed by atoms with Gasteiger partial charge in [-0.3, -0.25) is 4.79 Å². The molecule has 11 heteroatoms. The van der Waals surface area contributed by atoms with Crippen molar-refractivity contribution in [3.63, 3.8) is 0 Å². The standard InChI is InChI=1S/C28H27ClF2N4O4/c1-2-25(36)35-11-15-7-18(8-16(15)12-35)39-23-9-19-22(10-24(23)38-17-5-6-37-13-17)32-14-33-28(19)34-21-4-3-20(30)26(29)27(21)31/h2-4,9-10,14-18H,1,5-8,11-13H2,(H,32,33,34)/t15-,16?,17+,18?/m1/s1. The number of carbonyl (C=O) groups is 1. The number of carbonyl (C=O) groups excluding carboxylic acids is 1. The Morgan fingerprint density at radius 3 is 2.59 bits per heavy atom. The van der Waals surface area contributed by atoms with Crippen molar-refractivity contribution in [3.05, 3.63) is 59.9 Å². The van der Waals surface area contributed by atoms with Crippen LogP contribution in [0, 0.1) is 23.5 Å². The molecule has 0 radical (unpaired) electrons. The largest absolute Gasteiger partial charge is 0.486 e. The van der Waals surface area contributed by atoms with Crippen molar-refractivity contribution in [3.8, 4) is 11.5 Å². The molecule has 0 bridgehead atoms. The van der Waals surface area contributed by atoms with E-state index in [4.69, 9.17) is 25.8 Å². The van der Waals surface area contributed by atoms with E-state index in [0.717, 1.165) is 25.3 Å². The molecule has 1 amide bonds. The van der Waals surface area contributed by atoms with Crippen LogP contribution in [0.3, 0.4) is 0 Å². The number of halogens is 3. The normalized spacial score (nSPS) is 24.1. The summed E-state index contributed by atoms with van der Waals surface area (Å²) >= 11 is 5.77. The molecule has 1 saturated carbocycles. The quantitative estimate of drug-likeness (QED) is 0.313. The Bertz CT molecular complexity index is 1420. The summed E-state index contributed by atoms with van der Waals surface area (Å²) in [6.07, 6.45) is 4.93. The first kappa shape index (κ1) is 25.8. The molecule has 2 saturated heterocycles. The highest BCUT2D eigenvalue weighted by molar-refractivity contribution is 6.31. The highest BCUT2D eigenvalue weighted by Gasteiger charge is 2.43. The van der Waals surface area contributed by atoms with Crippen LogP contribution in [0.15, 0.2) is 43.2 Å². The third kappa shape index (κ3) is 5.10. The third-order valence-electron chi connectivity index (χ3n) is 7.66. The molecule has 1 N–H and O–H groups in total. The first-order valence-electron chi connectivity index (χ1n) is 12.9. The van der Waals surface area contributed by atoms with E-state index in [0.29, 0.717) is 66.4 Å². The van der Waals surface area contributed by atoms with Crippen LogP contribution in [0.25, 0.3) is 10.9 Å². The lowest BCUT2D eigenvalue weighted by molar-refractivity contribution is -0.125. The average molecular weight is 557 g/mol. The molecule has 204 valence electrons. The first-order chi connectivity index (χ1) is 18.9. The van der Waals surface area contributed by atoms with Gasteiger partial charge in [-0.2, -0.15) is 0 Å². The van der Waals surface area contributed by atoms with Crippen LogP contribution in [0.1, 0.15) is 19.3 Å². The predicted molar refractivity (Wildman–Crippen MR) is 141 cm³/mol. The lowest BCUT2D eigenvalue weighted by atomic mass is 10.0. The smallest absolute Gasteiger partial charge is 0.245 e. The van der Waals surface area contributed by atoms with Gasteiger partial charge in [0.2, 0.25) is 5.91 Å². The van der Waals surface area contributed by atoms with E-state index in [2.05, 4.69) is 21.9 Å². The number of likely N-dealkylation sites (tertiary alicyclic amines) is 1. The van der Waals surface area contributed by atoms with Crippen LogP contribution < -0.4 is 14.8 Å². The summed E-state index contributed by atoms with van der Waals surface area (Å²) in [7, 11) is 0. The lowest BCUT2D eigenvalue weighted by Gasteiger charge is -2.22. The number of hydrogen-bond donors (Lipinski definition) is 1. The van der Waals surface area contributed by atoms with Crippen LogP contribution in [0.2, 0.25) is 5.02 Å². The van der Waals surface area contributed by atoms with E-state index >= 15 is 0 Å². The van der Waals surface area contributed by atoms with Gasteiger partial charge >= 0.3 is 0 Å². The summed E-state index contributed by atoms with van der Waals surface area (Å²) < 4.78 is 46.6. The van der Waals surface area contributed by atoms with E-state index in [1.807, 2.05) is 4.90 Å². The molecule has 39 heavy (non-hydrogen) atoms. The van der Waals surface area contributed by atoms with Crippen LogP contribution in [-0.2, 0) is 9.53 Å². The molecule has 1 aromatic heterocycles. The summed E-state index contributed by atoms with van der Waals surface area (Å²) in [5.74, 6) is 0.292. The monoisotopic (exact) mass is 556 g/mol. The minimum absolute atomic E-state index is 0.0189. The van der Waals surface area contributed by atoms with Gasteiger partial charge in [-0.25, -0.2) is 18.7 Å². The van der Waals surface area contributed by atoms with Crippen molar-refractivity contribution >= 4 is 39.9 Å². The Morgan fingerprint density at radius 2 is 1.87 bits per heavy atom. The Labute approximate surface area is 228 Å². The molecule has 3 aliphatic rings. The number of nitrogens with zero attached hydrogens (tertiary/aromatic N) is 3. The van der Waals surface area contributed by atoms with Crippen LogP contribution in [0.4, 0.5) is 20.3 Å². The van der Waals surface area contributed by atoms with Crippen LogP contribution in [-0.4, -0.2) is 59.3 Å². The second kappa shape index (κ2) is 10.6. The SMILES string of the molecule is C=CC(=O)N1CC2CC(Oc3cc4c(Nc5ccc(F)c(Cl)c5F)ncnc4cc3O[C@H]3CCOC3)C[C@@H]2C1. The van der Waals surface area contributed by atoms with Crippen LogP contribution >= 0.6 is 11.6 Å². The van der Waals surface area contributed by atoms with Crippen molar-refractivity contribution in [1.82, 2.24) is 14.9 Å². The summed E-state index contributed by atoms with van der Waals surface area (Å²) in [6, 6.07) is 5.91. The molecular weight excluding hydrogens is 530 g/mol. The van der Waals surface area contributed by atoms with E-state index in [1.165, 1.54) is 18.5 Å². The van der Waals surface area contributed by atoms with Gasteiger partial charge in [0.1, 0.15) is 29.1 Å². The molecule has 1 aliphatic carbocycles. The van der Waals surface area contributed by atoms with Gasteiger partial charge in [0, 0.05) is 31.0 Å². The number of benzene rings is 2. The second-order valence-electron chi connectivity index (χ2n) is 10.2. The predicted octanol–water partition coefficient (Wildman–Crippen LogP) is 5.27. The zero-order valence-corrected chi connectivity index (χ0v) is 21.8. The summed E-state index contributed by atoms with van der Waals surface area (Å²) in [6.45, 7) is 6.10. The fraction of sp³-hybridized carbons (Fsp3) is 0.393. The first-order valence-corrected chi connectivity index (χ1v) is 13.3. The molecule has 8 nitrogen and oxygen atoms in total. The highest BCUT2D eigenvalue weighted by Crippen LogP contribution is 2.43. The lowest BCUT2D eigenvalue weighted by Crippen LogP contribution is -2.29. The number of hydrogen-bond acceptors (Lipinski definition) is 7. The molecule has 0 spiro atoms. The van der Waals surface area contributed by atoms with E-state index in [9.17, 15) is 13.6 Å².